The molecule has 0 heterocycles. The Hall–Kier alpha value is -3.29. The molecule has 0 saturated heterocycles. The van der Waals surface area contributed by atoms with Gasteiger partial charge in [0.15, 0.2) is 6.10 Å². The van der Waals surface area contributed by atoms with Crippen LogP contribution in [-0.4, -0.2) is 41.0 Å². The molecule has 52 heavy (non-hydrogen) atoms. The van der Waals surface area contributed by atoms with Crippen molar-refractivity contribution in [3.8, 4) is 0 Å². The number of hydrogen-bond acceptors (Lipinski definition) is 6. The Kier molecular flexibility index (Phi) is 35.1. The highest BCUT2D eigenvalue weighted by atomic mass is 31.2. The number of rotatable bonds is 33. The van der Waals surface area contributed by atoms with Crippen molar-refractivity contribution in [1.82, 2.24) is 0 Å². The molecule has 0 radical (unpaired) electrons. The van der Waals surface area contributed by atoms with E-state index in [0.29, 0.717) is 12.8 Å². The third-order valence-electron chi connectivity index (χ3n) is 7.29. The van der Waals surface area contributed by atoms with E-state index in [1.54, 1.807) is 0 Å². The average Bonchev–Trinajstić information content (AvgIpc) is 3.11. The molecule has 0 rings (SSSR count). The van der Waals surface area contributed by atoms with Gasteiger partial charge in [0.25, 0.3) is 0 Å². The van der Waals surface area contributed by atoms with E-state index in [1.807, 2.05) is 0 Å². The molecule has 0 aliphatic carbocycles. The molecule has 0 aromatic rings. The molecule has 0 fully saturated rings. The molecule has 0 aromatic heterocycles. The van der Waals surface area contributed by atoms with E-state index in [1.165, 1.54) is 0 Å². The Morgan fingerprint density at radius 3 is 1.29 bits per heavy atom. The van der Waals surface area contributed by atoms with Gasteiger partial charge >= 0.3 is 19.8 Å². The maximum Gasteiger partial charge on any atom is 0.469 e. The topological polar surface area (TPSA) is 119 Å². The Labute approximate surface area is 315 Å². The summed E-state index contributed by atoms with van der Waals surface area (Å²) in [5, 5.41) is 0. The fourth-order valence-corrected chi connectivity index (χ4v) is 4.87. The number of unbranched alkanes of at least 4 members (excludes halogenated alkanes) is 5. The number of ether oxygens (including phenoxy) is 2. The molecule has 0 aliphatic heterocycles. The van der Waals surface area contributed by atoms with Gasteiger partial charge in [0.2, 0.25) is 0 Å². The summed E-state index contributed by atoms with van der Waals surface area (Å²) < 4.78 is 26.3. The van der Waals surface area contributed by atoms with Crippen molar-refractivity contribution in [2.45, 2.75) is 136 Å². The van der Waals surface area contributed by atoms with Gasteiger partial charge in [-0.1, -0.05) is 130 Å². The Morgan fingerprint density at radius 1 is 0.500 bits per heavy atom. The zero-order valence-corrected chi connectivity index (χ0v) is 32.8. The minimum absolute atomic E-state index is 0.156. The van der Waals surface area contributed by atoms with Crippen molar-refractivity contribution < 1.29 is 37.9 Å². The van der Waals surface area contributed by atoms with Crippen LogP contribution in [0.4, 0.5) is 0 Å². The minimum Gasteiger partial charge on any atom is -0.462 e. The first-order valence-corrected chi connectivity index (χ1v) is 20.7. The monoisotopic (exact) mass is 742 g/mol. The van der Waals surface area contributed by atoms with Crippen molar-refractivity contribution in [3.63, 3.8) is 0 Å². The van der Waals surface area contributed by atoms with Gasteiger partial charge in [0, 0.05) is 12.8 Å². The minimum atomic E-state index is -4.78. The maximum absolute atomic E-state index is 12.4. The Balaban J connectivity index is 4.14. The van der Waals surface area contributed by atoms with Gasteiger partial charge in [0.05, 0.1) is 6.61 Å². The Morgan fingerprint density at radius 2 is 0.865 bits per heavy atom. The van der Waals surface area contributed by atoms with Crippen LogP contribution in [0.3, 0.4) is 0 Å². The molecule has 0 amide bonds. The second-order valence-corrected chi connectivity index (χ2v) is 13.4. The average molecular weight is 743 g/mol. The molecule has 292 valence electrons. The van der Waals surface area contributed by atoms with Crippen LogP contribution in [-0.2, 0) is 28.2 Å². The first-order valence-electron chi connectivity index (χ1n) is 19.2. The molecule has 0 saturated carbocycles. The summed E-state index contributed by atoms with van der Waals surface area (Å²) in [7, 11) is -4.78. The van der Waals surface area contributed by atoms with E-state index in [4.69, 9.17) is 19.3 Å². The number of carbonyl (C=O) groups excluding carboxylic acids is 2. The lowest BCUT2D eigenvalue weighted by Crippen LogP contribution is -2.29. The molecular formula is C43H67O8P. The SMILES string of the molecule is CC/C=C\C/C=C\C/C=C\C/C=C\C/C=C\CCCCCC(=O)O[C@H](COC(=O)CCCC/C=C\C/C=C\C/C=C\C/C=C\CC)COP(=O)(O)O. The zero-order chi connectivity index (χ0) is 38.2. The smallest absolute Gasteiger partial charge is 0.462 e. The third-order valence-corrected chi connectivity index (χ3v) is 7.77. The molecule has 2 N–H and O–H groups in total. The van der Waals surface area contributed by atoms with E-state index >= 15 is 0 Å². The number of phosphoric ester groups is 1. The van der Waals surface area contributed by atoms with Crippen LogP contribution in [0.2, 0.25) is 0 Å². The highest BCUT2D eigenvalue weighted by molar-refractivity contribution is 7.46. The van der Waals surface area contributed by atoms with Crippen LogP contribution < -0.4 is 0 Å². The summed E-state index contributed by atoms with van der Waals surface area (Å²) in [5.41, 5.74) is 0. The second-order valence-electron chi connectivity index (χ2n) is 12.1. The normalized spacial score (nSPS) is 13.7. The lowest BCUT2D eigenvalue weighted by atomic mass is 10.1. The maximum atomic E-state index is 12.4. The number of phosphoric acid groups is 1. The number of carbonyl (C=O) groups is 2. The molecule has 8 nitrogen and oxygen atoms in total. The summed E-state index contributed by atoms with van der Waals surface area (Å²) in [6.45, 7) is 3.36. The van der Waals surface area contributed by atoms with E-state index in [9.17, 15) is 14.2 Å². The predicted octanol–water partition coefficient (Wildman–Crippen LogP) is 11.6. The molecule has 0 unspecified atom stereocenters. The molecule has 0 aromatic carbocycles. The van der Waals surface area contributed by atoms with Crippen LogP contribution in [0, 0.1) is 0 Å². The highest BCUT2D eigenvalue weighted by Crippen LogP contribution is 2.35. The summed E-state index contributed by atoms with van der Waals surface area (Å²) in [6.07, 6.45) is 52.4. The number of esters is 2. The lowest BCUT2D eigenvalue weighted by Gasteiger charge is -2.18. The summed E-state index contributed by atoms with van der Waals surface area (Å²) in [6, 6.07) is 0. The number of allylic oxidation sites excluding steroid dienone is 18. The second kappa shape index (κ2) is 37.5. The third kappa shape index (κ3) is 39.5. The lowest BCUT2D eigenvalue weighted by molar-refractivity contribution is -0.161. The van der Waals surface area contributed by atoms with E-state index < -0.39 is 32.5 Å². The fraction of sp³-hybridized carbons (Fsp3) is 0.535. The van der Waals surface area contributed by atoms with E-state index in [2.05, 4.69) is 128 Å². The van der Waals surface area contributed by atoms with Crippen LogP contribution in [0.5, 0.6) is 0 Å². The van der Waals surface area contributed by atoms with Gasteiger partial charge in [-0.05, 0) is 96.3 Å². The molecular weight excluding hydrogens is 675 g/mol. The van der Waals surface area contributed by atoms with Crippen LogP contribution in [0.1, 0.15) is 129 Å². The number of hydrogen-bond donors (Lipinski definition) is 2. The molecule has 9 heteroatoms. The highest BCUT2D eigenvalue weighted by Gasteiger charge is 2.22. The largest absolute Gasteiger partial charge is 0.469 e. The van der Waals surface area contributed by atoms with Crippen LogP contribution >= 0.6 is 7.82 Å². The van der Waals surface area contributed by atoms with E-state index in [0.717, 1.165) is 89.9 Å². The van der Waals surface area contributed by atoms with Gasteiger partial charge in [-0.3, -0.25) is 14.1 Å². The fourth-order valence-electron chi connectivity index (χ4n) is 4.51. The van der Waals surface area contributed by atoms with Crippen molar-refractivity contribution in [3.05, 3.63) is 109 Å². The molecule has 0 spiro atoms. The van der Waals surface area contributed by atoms with Crippen LogP contribution in [0.15, 0.2) is 109 Å². The van der Waals surface area contributed by atoms with Gasteiger partial charge in [-0.25, -0.2) is 4.57 Å². The van der Waals surface area contributed by atoms with Crippen LogP contribution in [0.25, 0.3) is 0 Å². The van der Waals surface area contributed by atoms with Crippen molar-refractivity contribution >= 4 is 19.8 Å². The van der Waals surface area contributed by atoms with E-state index in [-0.39, 0.29) is 19.4 Å². The van der Waals surface area contributed by atoms with Gasteiger partial charge < -0.3 is 19.3 Å². The molecule has 0 bridgehead atoms. The van der Waals surface area contributed by atoms with Crippen molar-refractivity contribution in [1.29, 1.82) is 0 Å². The predicted molar refractivity (Wildman–Crippen MR) is 216 cm³/mol. The molecule has 1 atom stereocenters. The standard InChI is InChI=1S/C43H67O8P/c1-3-5-7-9-11-13-15-17-19-20-21-22-24-26-28-30-32-34-36-38-43(45)51-41(40-50-52(46,47)48)39-49-42(44)37-35-33-31-29-27-25-23-18-16-14-12-10-8-6-4-2/h5-8,11-14,17-19,21-23,26-29,41H,3-4,9-10,15-16,20,24-25,30-40H2,1-2H3,(H2,46,47,48)/b7-5-,8-6-,13-11-,14-12-,19-17-,22-21-,23-18-,28-26-,29-27-/t41-/m1/s1. The van der Waals surface area contributed by atoms with Gasteiger partial charge in [0.1, 0.15) is 6.61 Å². The first kappa shape index (κ1) is 48.7. The molecule has 0 aliphatic rings. The zero-order valence-electron chi connectivity index (χ0n) is 31.9. The van der Waals surface area contributed by atoms with Gasteiger partial charge in [-0.2, -0.15) is 0 Å². The van der Waals surface area contributed by atoms with Crippen molar-refractivity contribution in [2.75, 3.05) is 13.2 Å². The summed E-state index contributed by atoms with van der Waals surface area (Å²) in [5.74, 6) is -0.986. The van der Waals surface area contributed by atoms with Crippen molar-refractivity contribution in [2.24, 2.45) is 0 Å². The Bertz CT molecular complexity index is 1200. The summed E-state index contributed by atoms with van der Waals surface area (Å²) >= 11 is 0. The first-order chi connectivity index (χ1) is 25.3. The van der Waals surface area contributed by atoms with Gasteiger partial charge in [-0.15, -0.1) is 0 Å². The quantitative estimate of drug-likeness (QED) is 0.0295. The summed E-state index contributed by atoms with van der Waals surface area (Å²) in [4.78, 5) is 42.7.